The molecule has 2 heterocycles. The fraction of sp³-hybridized carbons (Fsp3) is 0.647. The van der Waals surface area contributed by atoms with Crippen LogP contribution in [0.1, 0.15) is 33.6 Å². The van der Waals surface area contributed by atoms with Crippen molar-refractivity contribution in [2.45, 2.75) is 33.6 Å². The molecule has 7 heteroatoms. The number of piperazine rings is 1. The molecule has 1 aromatic rings. The second-order valence-corrected chi connectivity index (χ2v) is 6.56. The van der Waals surface area contributed by atoms with Crippen LogP contribution in [0.2, 0.25) is 0 Å². The summed E-state index contributed by atoms with van der Waals surface area (Å²) in [6.07, 6.45) is 5.36. The summed E-state index contributed by atoms with van der Waals surface area (Å²) in [6.45, 7) is 8.56. The highest BCUT2D eigenvalue weighted by Crippen LogP contribution is 2.21. The first-order valence-corrected chi connectivity index (χ1v) is 8.56. The van der Waals surface area contributed by atoms with E-state index in [9.17, 15) is 9.59 Å². The molecular weight excluding hydrogens is 306 g/mol. The van der Waals surface area contributed by atoms with Gasteiger partial charge in [0.15, 0.2) is 0 Å². The van der Waals surface area contributed by atoms with E-state index in [1.807, 2.05) is 0 Å². The van der Waals surface area contributed by atoms with Crippen LogP contribution in [0.4, 0.5) is 5.95 Å². The molecular formula is C17H27N5O2. The Morgan fingerprint density at radius 3 is 2.38 bits per heavy atom. The highest BCUT2D eigenvalue weighted by molar-refractivity contribution is 6.04. The van der Waals surface area contributed by atoms with E-state index >= 15 is 0 Å². The molecule has 0 saturated carbocycles. The molecule has 1 saturated heterocycles. The molecule has 132 valence electrons. The van der Waals surface area contributed by atoms with Crippen LogP contribution >= 0.6 is 0 Å². The average molecular weight is 333 g/mol. The zero-order valence-electron chi connectivity index (χ0n) is 14.8. The molecule has 0 radical (unpaired) electrons. The quantitative estimate of drug-likeness (QED) is 0.622. The number of carbonyl (C=O) groups excluding carboxylic acids is 2. The molecule has 1 N–H and O–H groups in total. The maximum Gasteiger partial charge on any atom is 0.237 e. The summed E-state index contributed by atoms with van der Waals surface area (Å²) in [6, 6.07) is 1.78. The SMILES string of the molecule is CCCCNC(=O)C(C)(C)C(=O)N1CCN(c2ncccn2)CC1. The van der Waals surface area contributed by atoms with Crippen LogP contribution in [0, 0.1) is 5.41 Å². The van der Waals surface area contributed by atoms with Crippen molar-refractivity contribution in [1.29, 1.82) is 0 Å². The number of anilines is 1. The van der Waals surface area contributed by atoms with Crippen LogP contribution in [-0.2, 0) is 9.59 Å². The number of hydrogen-bond donors (Lipinski definition) is 1. The Morgan fingerprint density at radius 1 is 1.17 bits per heavy atom. The van der Waals surface area contributed by atoms with Crippen molar-refractivity contribution >= 4 is 17.8 Å². The zero-order chi connectivity index (χ0) is 17.6. The van der Waals surface area contributed by atoms with Gasteiger partial charge in [-0.1, -0.05) is 13.3 Å². The summed E-state index contributed by atoms with van der Waals surface area (Å²) in [5.74, 6) is 0.362. The lowest BCUT2D eigenvalue weighted by atomic mass is 9.90. The molecule has 2 amide bonds. The third-order valence-electron chi connectivity index (χ3n) is 4.32. The third kappa shape index (κ3) is 4.21. The summed E-state index contributed by atoms with van der Waals surface area (Å²) in [7, 11) is 0. The largest absolute Gasteiger partial charge is 0.355 e. The first-order chi connectivity index (χ1) is 11.5. The van der Waals surface area contributed by atoms with Gasteiger partial charge in [0.2, 0.25) is 17.8 Å². The molecule has 2 rings (SSSR count). The second-order valence-electron chi connectivity index (χ2n) is 6.56. The standard InChI is InChI=1S/C17H27N5O2/c1-4-5-7-18-14(23)17(2,3)15(24)21-10-12-22(13-11-21)16-19-8-6-9-20-16/h6,8-9H,4-5,7,10-13H2,1-3H3,(H,18,23). The Morgan fingerprint density at radius 2 is 1.79 bits per heavy atom. The van der Waals surface area contributed by atoms with Crippen molar-refractivity contribution in [3.63, 3.8) is 0 Å². The first kappa shape index (κ1) is 18.2. The van der Waals surface area contributed by atoms with Gasteiger partial charge in [-0.15, -0.1) is 0 Å². The normalized spacial score (nSPS) is 15.3. The van der Waals surface area contributed by atoms with Crippen molar-refractivity contribution in [2.75, 3.05) is 37.6 Å². The first-order valence-electron chi connectivity index (χ1n) is 8.56. The molecule has 0 aliphatic carbocycles. The minimum Gasteiger partial charge on any atom is -0.355 e. The van der Waals surface area contributed by atoms with Crippen LogP contribution in [0.25, 0.3) is 0 Å². The van der Waals surface area contributed by atoms with E-state index in [0.717, 1.165) is 12.8 Å². The predicted molar refractivity (Wildman–Crippen MR) is 92.5 cm³/mol. The molecule has 0 unspecified atom stereocenters. The van der Waals surface area contributed by atoms with Crippen molar-refractivity contribution in [3.8, 4) is 0 Å². The number of amides is 2. The second kappa shape index (κ2) is 8.08. The number of hydrogen-bond acceptors (Lipinski definition) is 5. The number of rotatable bonds is 6. The monoisotopic (exact) mass is 333 g/mol. The van der Waals surface area contributed by atoms with Crippen LogP contribution in [0.3, 0.4) is 0 Å². The number of nitrogens with one attached hydrogen (secondary N) is 1. The third-order valence-corrected chi connectivity index (χ3v) is 4.32. The highest BCUT2D eigenvalue weighted by atomic mass is 16.2. The average Bonchev–Trinajstić information content (AvgIpc) is 2.62. The number of aromatic nitrogens is 2. The van der Waals surface area contributed by atoms with Crippen LogP contribution in [0.5, 0.6) is 0 Å². The number of carbonyl (C=O) groups is 2. The van der Waals surface area contributed by atoms with E-state index < -0.39 is 5.41 Å². The minimum absolute atomic E-state index is 0.120. The molecule has 1 aliphatic heterocycles. The molecule has 7 nitrogen and oxygen atoms in total. The van der Waals surface area contributed by atoms with Crippen molar-refractivity contribution in [2.24, 2.45) is 5.41 Å². The summed E-state index contributed by atoms with van der Waals surface area (Å²) in [5.41, 5.74) is -1.04. The lowest BCUT2D eigenvalue weighted by Crippen LogP contribution is -2.55. The molecule has 24 heavy (non-hydrogen) atoms. The minimum atomic E-state index is -1.04. The van der Waals surface area contributed by atoms with Crippen LogP contribution in [-0.4, -0.2) is 59.4 Å². The van der Waals surface area contributed by atoms with E-state index in [1.54, 1.807) is 37.2 Å². The van der Waals surface area contributed by atoms with Crippen molar-refractivity contribution in [1.82, 2.24) is 20.2 Å². The fourth-order valence-corrected chi connectivity index (χ4v) is 2.66. The molecule has 1 aromatic heterocycles. The maximum atomic E-state index is 12.8. The Balaban J connectivity index is 1.90. The van der Waals surface area contributed by atoms with E-state index in [-0.39, 0.29) is 11.8 Å². The lowest BCUT2D eigenvalue weighted by molar-refractivity contribution is -0.148. The van der Waals surface area contributed by atoms with Crippen molar-refractivity contribution in [3.05, 3.63) is 18.5 Å². The molecule has 0 bridgehead atoms. The maximum absolute atomic E-state index is 12.8. The Bertz CT molecular complexity index is 553. The van der Waals surface area contributed by atoms with Gasteiger partial charge in [-0.2, -0.15) is 0 Å². The topological polar surface area (TPSA) is 78.4 Å². The van der Waals surface area contributed by atoms with Gasteiger partial charge in [-0.25, -0.2) is 9.97 Å². The van der Waals surface area contributed by atoms with Gasteiger partial charge in [-0.3, -0.25) is 9.59 Å². The molecule has 0 atom stereocenters. The number of nitrogens with zero attached hydrogens (tertiary/aromatic N) is 4. The number of unbranched alkanes of at least 4 members (excludes halogenated alkanes) is 1. The van der Waals surface area contributed by atoms with Gasteiger partial charge in [0, 0.05) is 45.1 Å². The van der Waals surface area contributed by atoms with Gasteiger partial charge in [0.1, 0.15) is 5.41 Å². The fourth-order valence-electron chi connectivity index (χ4n) is 2.66. The van der Waals surface area contributed by atoms with E-state index in [0.29, 0.717) is 38.7 Å². The summed E-state index contributed by atoms with van der Waals surface area (Å²) < 4.78 is 0. The summed E-state index contributed by atoms with van der Waals surface area (Å²) in [5, 5.41) is 2.86. The van der Waals surface area contributed by atoms with Gasteiger partial charge in [0.05, 0.1) is 0 Å². The van der Waals surface area contributed by atoms with Gasteiger partial charge >= 0.3 is 0 Å². The molecule has 0 aromatic carbocycles. The van der Waals surface area contributed by atoms with Gasteiger partial charge in [-0.05, 0) is 26.3 Å². The lowest BCUT2D eigenvalue weighted by Gasteiger charge is -2.38. The highest BCUT2D eigenvalue weighted by Gasteiger charge is 2.39. The van der Waals surface area contributed by atoms with E-state index in [4.69, 9.17) is 0 Å². The Hall–Kier alpha value is -2.18. The molecule has 1 fully saturated rings. The van der Waals surface area contributed by atoms with Crippen LogP contribution in [0.15, 0.2) is 18.5 Å². The van der Waals surface area contributed by atoms with E-state index in [1.165, 1.54) is 0 Å². The predicted octanol–water partition coefficient (Wildman–Crippen LogP) is 1.07. The Labute approximate surface area is 143 Å². The smallest absolute Gasteiger partial charge is 0.237 e. The summed E-state index contributed by atoms with van der Waals surface area (Å²) >= 11 is 0. The molecule has 0 spiro atoms. The van der Waals surface area contributed by atoms with Gasteiger partial charge < -0.3 is 15.1 Å². The van der Waals surface area contributed by atoms with Crippen LogP contribution < -0.4 is 10.2 Å². The van der Waals surface area contributed by atoms with E-state index in [2.05, 4.69) is 27.1 Å². The molecule has 1 aliphatic rings. The van der Waals surface area contributed by atoms with Gasteiger partial charge in [0.25, 0.3) is 0 Å². The van der Waals surface area contributed by atoms with Crippen molar-refractivity contribution < 1.29 is 9.59 Å². The zero-order valence-corrected chi connectivity index (χ0v) is 14.8. The summed E-state index contributed by atoms with van der Waals surface area (Å²) in [4.78, 5) is 37.4. The Kier molecular flexibility index (Phi) is 6.11.